The Bertz CT molecular complexity index is 351. The molecule has 1 aromatic carbocycles. The zero-order valence-electron chi connectivity index (χ0n) is 10.9. The molecule has 0 N–H and O–H groups in total. The van der Waals surface area contributed by atoms with Gasteiger partial charge >= 0.3 is 0 Å². The molecule has 0 bridgehead atoms. The predicted octanol–water partition coefficient (Wildman–Crippen LogP) is 3.90. The molecule has 0 radical (unpaired) electrons. The Morgan fingerprint density at radius 3 is 2.29 bits per heavy atom. The third kappa shape index (κ3) is 3.46. The fourth-order valence-corrected chi connectivity index (χ4v) is 2.86. The SMILES string of the molecule is Cc1cc(C)cc(CN(CCCl)C2CCC2)c1. The standard InChI is InChI=1S/C15H22ClN/c1-12-8-13(2)10-14(9-12)11-17(7-6-16)15-4-3-5-15/h8-10,15H,3-7,11H2,1-2H3. The zero-order chi connectivity index (χ0) is 12.3. The van der Waals surface area contributed by atoms with Crippen LogP contribution < -0.4 is 0 Å². The second-order valence-electron chi connectivity index (χ2n) is 5.24. The van der Waals surface area contributed by atoms with Crippen LogP contribution in [-0.2, 0) is 6.54 Å². The first kappa shape index (κ1) is 12.9. The van der Waals surface area contributed by atoms with Crippen LogP contribution in [0.5, 0.6) is 0 Å². The lowest BCUT2D eigenvalue weighted by atomic mass is 9.91. The molecule has 0 spiro atoms. The summed E-state index contributed by atoms with van der Waals surface area (Å²) in [7, 11) is 0. The smallest absolute Gasteiger partial charge is 0.0351 e. The highest BCUT2D eigenvalue weighted by molar-refractivity contribution is 6.18. The molecular weight excluding hydrogens is 230 g/mol. The maximum absolute atomic E-state index is 5.91. The van der Waals surface area contributed by atoms with E-state index in [2.05, 4.69) is 36.9 Å². The third-order valence-electron chi connectivity index (χ3n) is 3.63. The fourth-order valence-electron chi connectivity index (χ4n) is 2.65. The molecule has 1 saturated carbocycles. The topological polar surface area (TPSA) is 3.24 Å². The van der Waals surface area contributed by atoms with Crippen LogP contribution in [0.15, 0.2) is 18.2 Å². The van der Waals surface area contributed by atoms with Gasteiger partial charge in [-0.2, -0.15) is 0 Å². The largest absolute Gasteiger partial charge is 0.295 e. The van der Waals surface area contributed by atoms with Crippen LogP contribution >= 0.6 is 11.6 Å². The van der Waals surface area contributed by atoms with Gasteiger partial charge in [0.1, 0.15) is 0 Å². The van der Waals surface area contributed by atoms with Gasteiger partial charge in [-0.05, 0) is 32.3 Å². The first-order valence-electron chi connectivity index (χ1n) is 6.56. The summed E-state index contributed by atoms with van der Waals surface area (Å²) in [6, 6.07) is 7.60. The van der Waals surface area contributed by atoms with Crippen molar-refractivity contribution in [2.45, 2.75) is 45.7 Å². The van der Waals surface area contributed by atoms with Gasteiger partial charge in [-0.3, -0.25) is 4.90 Å². The van der Waals surface area contributed by atoms with Crippen LogP contribution in [0.1, 0.15) is 36.0 Å². The third-order valence-corrected chi connectivity index (χ3v) is 3.80. The number of hydrogen-bond acceptors (Lipinski definition) is 1. The maximum Gasteiger partial charge on any atom is 0.0351 e. The Balaban J connectivity index is 2.05. The quantitative estimate of drug-likeness (QED) is 0.718. The molecule has 1 aliphatic carbocycles. The van der Waals surface area contributed by atoms with Gasteiger partial charge < -0.3 is 0 Å². The second kappa shape index (κ2) is 5.88. The van der Waals surface area contributed by atoms with Gasteiger partial charge in [0.05, 0.1) is 0 Å². The lowest BCUT2D eigenvalue weighted by Crippen LogP contribution is -2.40. The van der Waals surface area contributed by atoms with Crippen LogP contribution in [-0.4, -0.2) is 23.4 Å². The summed E-state index contributed by atoms with van der Waals surface area (Å²) in [6.07, 6.45) is 4.08. The monoisotopic (exact) mass is 251 g/mol. The van der Waals surface area contributed by atoms with Gasteiger partial charge in [-0.15, -0.1) is 11.6 Å². The summed E-state index contributed by atoms with van der Waals surface area (Å²) in [5, 5.41) is 0. The van der Waals surface area contributed by atoms with E-state index in [0.717, 1.165) is 25.0 Å². The number of halogens is 1. The summed E-state index contributed by atoms with van der Waals surface area (Å²) < 4.78 is 0. The lowest BCUT2D eigenvalue weighted by Gasteiger charge is -2.37. The van der Waals surface area contributed by atoms with E-state index in [-0.39, 0.29) is 0 Å². The van der Waals surface area contributed by atoms with Gasteiger partial charge in [-0.25, -0.2) is 0 Å². The number of benzene rings is 1. The average molecular weight is 252 g/mol. The van der Waals surface area contributed by atoms with E-state index in [1.807, 2.05) is 0 Å². The number of aryl methyl sites for hydroxylation is 2. The molecule has 0 atom stereocenters. The zero-order valence-corrected chi connectivity index (χ0v) is 11.6. The van der Waals surface area contributed by atoms with Gasteiger partial charge in [-0.1, -0.05) is 35.7 Å². The normalized spacial score (nSPS) is 16.2. The van der Waals surface area contributed by atoms with Crippen molar-refractivity contribution < 1.29 is 0 Å². The first-order valence-corrected chi connectivity index (χ1v) is 7.09. The molecule has 0 aromatic heterocycles. The number of nitrogens with zero attached hydrogens (tertiary/aromatic N) is 1. The van der Waals surface area contributed by atoms with Crippen molar-refractivity contribution in [3.05, 3.63) is 34.9 Å². The lowest BCUT2D eigenvalue weighted by molar-refractivity contribution is 0.127. The Labute approximate surface area is 110 Å². The van der Waals surface area contributed by atoms with Crippen molar-refractivity contribution in [3.63, 3.8) is 0 Å². The van der Waals surface area contributed by atoms with Crippen molar-refractivity contribution in [1.29, 1.82) is 0 Å². The van der Waals surface area contributed by atoms with E-state index in [1.165, 1.54) is 36.0 Å². The van der Waals surface area contributed by atoms with E-state index >= 15 is 0 Å². The highest BCUT2D eigenvalue weighted by atomic mass is 35.5. The van der Waals surface area contributed by atoms with E-state index in [0.29, 0.717) is 0 Å². The summed E-state index contributed by atoms with van der Waals surface area (Å²) in [5.74, 6) is 0.737. The number of hydrogen-bond donors (Lipinski definition) is 0. The van der Waals surface area contributed by atoms with Crippen LogP contribution in [0, 0.1) is 13.8 Å². The number of alkyl halides is 1. The molecular formula is C15H22ClN. The Kier molecular flexibility index (Phi) is 4.47. The molecule has 0 heterocycles. The van der Waals surface area contributed by atoms with Crippen LogP contribution in [0.4, 0.5) is 0 Å². The average Bonchev–Trinajstić information content (AvgIpc) is 2.13. The van der Waals surface area contributed by atoms with Gasteiger partial charge in [0.15, 0.2) is 0 Å². The molecule has 1 fully saturated rings. The first-order chi connectivity index (χ1) is 8.19. The van der Waals surface area contributed by atoms with Crippen molar-refractivity contribution >= 4 is 11.6 Å². The summed E-state index contributed by atoms with van der Waals surface area (Å²) >= 11 is 5.91. The molecule has 2 heteroatoms. The van der Waals surface area contributed by atoms with Crippen LogP contribution in [0.2, 0.25) is 0 Å². The minimum atomic E-state index is 0.737. The maximum atomic E-state index is 5.91. The van der Waals surface area contributed by atoms with Crippen molar-refractivity contribution in [2.24, 2.45) is 0 Å². The van der Waals surface area contributed by atoms with Crippen molar-refractivity contribution in [2.75, 3.05) is 12.4 Å². The molecule has 0 saturated heterocycles. The molecule has 2 rings (SSSR count). The molecule has 0 amide bonds. The van der Waals surface area contributed by atoms with E-state index < -0.39 is 0 Å². The van der Waals surface area contributed by atoms with Crippen LogP contribution in [0.3, 0.4) is 0 Å². The molecule has 0 unspecified atom stereocenters. The molecule has 17 heavy (non-hydrogen) atoms. The summed E-state index contributed by atoms with van der Waals surface area (Å²) in [5.41, 5.74) is 4.15. The minimum absolute atomic E-state index is 0.737. The van der Waals surface area contributed by atoms with E-state index in [9.17, 15) is 0 Å². The Morgan fingerprint density at radius 2 is 1.82 bits per heavy atom. The molecule has 1 aliphatic rings. The predicted molar refractivity (Wildman–Crippen MR) is 74.7 cm³/mol. The van der Waals surface area contributed by atoms with Gasteiger partial charge in [0.2, 0.25) is 0 Å². The van der Waals surface area contributed by atoms with E-state index in [1.54, 1.807) is 0 Å². The Hall–Kier alpha value is -0.530. The molecule has 1 aromatic rings. The number of rotatable bonds is 5. The summed E-state index contributed by atoms with van der Waals surface area (Å²) in [4.78, 5) is 2.55. The fraction of sp³-hybridized carbons (Fsp3) is 0.600. The highest BCUT2D eigenvalue weighted by Gasteiger charge is 2.24. The summed E-state index contributed by atoms with van der Waals surface area (Å²) in [6.45, 7) is 6.41. The molecule has 0 aliphatic heterocycles. The van der Waals surface area contributed by atoms with E-state index in [4.69, 9.17) is 11.6 Å². The minimum Gasteiger partial charge on any atom is -0.295 e. The van der Waals surface area contributed by atoms with Crippen LogP contribution in [0.25, 0.3) is 0 Å². The Morgan fingerprint density at radius 1 is 1.18 bits per heavy atom. The van der Waals surface area contributed by atoms with Crippen molar-refractivity contribution in [3.8, 4) is 0 Å². The highest BCUT2D eigenvalue weighted by Crippen LogP contribution is 2.26. The molecule has 94 valence electrons. The second-order valence-corrected chi connectivity index (χ2v) is 5.62. The van der Waals surface area contributed by atoms with Gasteiger partial charge in [0.25, 0.3) is 0 Å². The van der Waals surface area contributed by atoms with Gasteiger partial charge in [0, 0.05) is 25.0 Å². The van der Waals surface area contributed by atoms with Crippen molar-refractivity contribution in [1.82, 2.24) is 4.90 Å². The molecule has 1 nitrogen and oxygen atoms in total.